The summed E-state index contributed by atoms with van der Waals surface area (Å²) >= 11 is 0. The quantitative estimate of drug-likeness (QED) is 0.577. The van der Waals surface area contributed by atoms with Crippen LogP contribution in [0, 0.1) is 6.92 Å². The first-order chi connectivity index (χ1) is 12.9. The minimum Gasteiger partial charge on any atom is -0.352 e. The van der Waals surface area contributed by atoms with Gasteiger partial charge in [0.1, 0.15) is 0 Å². The van der Waals surface area contributed by atoms with E-state index in [0.29, 0.717) is 30.8 Å². The number of rotatable bonds is 9. The molecular formula is C19H33ClN4O3S. The van der Waals surface area contributed by atoms with E-state index in [2.05, 4.69) is 15.5 Å². The van der Waals surface area contributed by atoms with Crippen LogP contribution in [0.5, 0.6) is 0 Å². The Morgan fingerprint density at radius 2 is 1.86 bits per heavy atom. The largest absolute Gasteiger partial charge is 0.352 e. The predicted molar refractivity (Wildman–Crippen MR) is 115 cm³/mol. The van der Waals surface area contributed by atoms with Gasteiger partial charge in [0.15, 0.2) is 0 Å². The first kappa shape index (κ1) is 24.8. The number of hydrogen-bond acceptors (Lipinski definition) is 5. The zero-order valence-corrected chi connectivity index (χ0v) is 18.7. The summed E-state index contributed by atoms with van der Waals surface area (Å²) in [6, 6.07) is 4.88. The van der Waals surface area contributed by atoms with Crippen LogP contribution in [0.15, 0.2) is 23.1 Å². The number of hydrogen-bond donors (Lipinski definition) is 2. The van der Waals surface area contributed by atoms with E-state index in [9.17, 15) is 13.2 Å². The zero-order valence-electron chi connectivity index (χ0n) is 17.0. The lowest BCUT2D eigenvalue weighted by Crippen LogP contribution is -2.44. The van der Waals surface area contributed by atoms with Gasteiger partial charge in [0, 0.05) is 51.4 Å². The van der Waals surface area contributed by atoms with Crippen molar-refractivity contribution in [2.75, 3.05) is 52.4 Å². The third-order valence-electron chi connectivity index (χ3n) is 4.92. The summed E-state index contributed by atoms with van der Waals surface area (Å²) in [7, 11) is -3.59. The monoisotopic (exact) mass is 432 g/mol. The van der Waals surface area contributed by atoms with Gasteiger partial charge >= 0.3 is 0 Å². The number of nitrogens with zero attached hydrogens (tertiary/aromatic N) is 2. The molecule has 1 aromatic carbocycles. The molecule has 1 aliphatic heterocycles. The van der Waals surface area contributed by atoms with Crippen molar-refractivity contribution < 1.29 is 13.2 Å². The van der Waals surface area contributed by atoms with Gasteiger partial charge in [-0.1, -0.05) is 19.9 Å². The van der Waals surface area contributed by atoms with Gasteiger partial charge in [0.2, 0.25) is 10.0 Å². The van der Waals surface area contributed by atoms with Crippen molar-refractivity contribution in [1.82, 2.24) is 19.8 Å². The molecule has 1 fully saturated rings. The molecule has 0 saturated carbocycles. The Morgan fingerprint density at radius 1 is 1.21 bits per heavy atom. The number of nitrogens with one attached hydrogen (secondary N) is 2. The molecule has 1 saturated heterocycles. The van der Waals surface area contributed by atoms with Crippen molar-refractivity contribution >= 4 is 28.3 Å². The van der Waals surface area contributed by atoms with Crippen LogP contribution in [0.1, 0.15) is 36.2 Å². The fourth-order valence-corrected chi connectivity index (χ4v) is 4.97. The minimum absolute atomic E-state index is 0. The van der Waals surface area contributed by atoms with E-state index in [1.54, 1.807) is 19.1 Å². The summed E-state index contributed by atoms with van der Waals surface area (Å²) < 4.78 is 27.0. The Kier molecular flexibility index (Phi) is 10.4. The molecule has 1 amide bonds. The molecule has 0 unspecified atom stereocenters. The number of aryl methyl sites for hydroxylation is 1. The van der Waals surface area contributed by atoms with Crippen molar-refractivity contribution in [1.29, 1.82) is 0 Å². The summed E-state index contributed by atoms with van der Waals surface area (Å²) in [5.74, 6) is -0.230. The second-order valence-corrected chi connectivity index (χ2v) is 8.68. The van der Waals surface area contributed by atoms with Crippen LogP contribution in [0.3, 0.4) is 0 Å². The molecule has 0 spiro atoms. The summed E-state index contributed by atoms with van der Waals surface area (Å²) in [5, 5.41) is 6.22. The number of sulfonamides is 1. The molecule has 1 heterocycles. The number of halogens is 1. The van der Waals surface area contributed by atoms with E-state index in [1.165, 1.54) is 10.4 Å². The minimum atomic E-state index is -3.59. The Bertz CT molecular complexity index is 733. The number of carbonyl (C=O) groups excluding carboxylic acids is 1. The molecule has 9 heteroatoms. The molecule has 1 aromatic rings. The molecule has 0 aliphatic carbocycles. The van der Waals surface area contributed by atoms with Crippen LogP contribution < -0.4 is 10.6 Å². The number of amides is 1. The van der Waals surface area contributed by atoms with Crippen LogP contribution in [0.4, 0.5) is 0 Å². The second kappa shape index (κ2) is 11.7. The van der Waals surface area contributed by atoms with Crippen LogP contribution in [-0.4, -0.2) is 75.9 Å². The lowest BCUT2D eigenvalue weighted by atomic mass is 10.1. The Hall–Kier alpha value is -1.19. The number of piperazine rings is 1. The molecule has 0 radical (unpaired) electrons. The molecule has 0 atom stereocenters. The molecule has 0 bridgehead atoms. The molecule has 0 aromatic heterocycles. The third kappa shape index (κ3) is 6.42. The normalized spacial score (nSPS) is 15.3. The Morgan fingerprint density at radius 3 is 2.46 bits per heavy atom. The summed E-state index contributed by atoms with van der Waals surface area (Å²) in [4.78, 5) is 15.0. The maximum atomic E-state index is 12.8. The van der Waals surface area contributed by atoms with Crippen molar-refractivity contribution in [2.24, 2.45) is 0 Å². The Labute approximate surface area is 175 Å². The van der Waals surface area contributed by atoms with Crippen molar-refractivity contribution in [3.05, 3.63) is 29.3 Å². The SMILES string of the molecule is CCN(CC)S(=O)(=O)c1cc(C(=O)NCCCN2CCNCC2)ccc1C.Cl. The van der Waals surface area contributed by atoms with Crippen LogP contribution >= 0.6 is 12.4 Å². The van der Waals surface area contributed by atoms with Crippen molar-refractivity contribution in [3.8, 4) is 0 Å². The maximum Gasteiger partial charge on any atom is 0.251 e. The molecule has 2 N–H and O–H groups in total. The first-order valence-corrected chi connectivity index (χ1v) is 11.2. The smallest absolute Gasteiger partial charge is 0.251 e. The standard InChI is InChI=1S/C19H32N4O3S.ClH/c1-4-23(5-2)27(25,26)18-15-17(8-7-16(18)3)19(24)21-9-6-12-22-13-10-20-11-14-22;/h7-8,15,20H,4-6,9-14H2,1-3H3,(H,21,24);1H. The van der Waals surface area contributed by atoms with E-state index in [0.717, 1.165) is 39.1 Å². The van der Waals surface area contributed by atoms with E-state index >= 15 is 0 Å². The van der Waals surface area contributed by atoms with Gasteiger partial charge in [-0.3, -0.25) is 4.79 Å². The molecule has 1 aliphatic rings. The van der Waals surface area contributed by atoms with Crippen molar-refractivity contribution in [2.45, 2.75) is 32.1 Å². The van der Waals surface area contributed by atoms with Gasteiger partial charge in [0.25, 0.3) is 5.91 Å². The van der Waals surface area contributed by atoms with Gasteiger partial charge in [-0.25, -0.2) is 8.42 Å². The summed E-state index contributed by atoms with van der Waals surface area (Å²) in [5.41, 5.74) is 1.03. The molecule has 28 heavy (non-hydrogen) atoms. The number of benzene rings is 1. The average Bonchev–Trinajstić information content (AvgIpc) is 2.67. The Balaban J connectivity index is 0.00000392. The summed E-state index contributed by atoms with van der Waals surface area (Å²) in [6.07, 6.45) is 0.877. The topological polar surface area (TPSA) is 81.8 Å². The lowest BCUT2D eigenvalue weighted by Gasteiger charge is -2.27. The fourth-order valence-electron chi connectivity index (χ4n) is 3.26. The van der Waals surface area contributed by atoms with E-state index < -0.39 is 10.0 Å². The lowest BCUT2D eigenvalue weighted by molar-refractivity contribution is 0.0951. The van der Waals surface area contributed by atoms with Crippen LogP contribution in [0.2, 0.25) is 0 Å². The number of carbonyl (C=O) groups is 1. The van der Waals surface area contributed by atoms with Crippen molar-refractivity contribution in [3.63, 3.8) is 0 Å². The zero-order chi connectivity index (χ0) is 19.9. The molecule has 7 nitrogen and oxygen atoms in total. The fraction of sp³-hybridized carbons (Fsp3) is 0.632. The highest BCUT2D eigenvalue weighted by Gasteiger charge is 2.24. The second-order valence-electron chi connectivity index (χ2n) is 6.77. The van der Waals surface area contributed by atoms with Gasteiger partial charge in [-0.05, 0) is 37.6 Å². The highest BCUT2D eigenvalue weighted by Crippen LogP contribution is 2.21. The van der Waals surface area contributed by atoms with Crippen LogP contribution in [0.25, 0.3) is 0 Å². The van der Waals surface area contributed by atoms with Gasteiger partial charge in [-0.2, -0.15) is 4.31 Å². The van der Waals surface area contributed by atoms with Gasteiger partial charge in [0.05, 0.1) is 4.90 Å². The average molecular weight is 433 g/mol. The van der Waals surface area contributed by atoms with E-state index in [-0.39, 0.29) is 23.2 Å². The predicted octanol–water partition coefficient (Wildman–Crippen LogP) is 1.47. The molecular weight excluding hydrogens is 400 g/mol. The maximum absolute atomic E-state index is 12.8. The molecule has 2 rings (SSSR count). The van der Waals surface area contributed by atoms with E-state index in [1.807, 2.05) is 13.8 Å². The first-order valence-electron chi connectivity index (χ1n) is 9.72. The molecule has 160 valence electrons. The van der Waals surface area contributed by atoms with E-state index in [4.69, 9.17) is 0 Å². The third-order valence-corrected chi connectivity index (χ3v) is 7.11. The van der Waals surface area contributed by atoms with Gasteiger partial charge < -0.3 is 15.5 Å². The highest BCUT2D eigenvalue weighted by atomic mass is 35.5. The van der Waals surface area contributed by atoms with Gasteiger partial charge in [-0.15, -0.1) is 12.4 Å². The van der Waals surface area contributed by atoms with Crippen LogP contribution in [-0.2, 0) is 10.0 Å². The summed E-state index contributed by atoms with van der Waals surface area (Å²) in [6.45, 7) is 11.8. The highest BCUT2D eigenvalue weighted by molar-refractivity contribution is 7.89.